The van der Waals surface area contributed by atoms with Crippen LogP contribution < -0.4 is 0 Å². The lowest BCUT2D eigenvalue weighted by atomic mass is 9.93. The van der Waals surface area contributed by atoms with Crippen molar-refractivity contribution in [1.29, 1.82) is 0 Å². The van der Waals surface area contributed by atoms with Crippen molar-refractivity contribution >= 4 is 43.5 Å². The molecule has 4 heteroatoms. The summed E-state index contributed by atoms with van der Waals surface area (Å²) in [5, 5.41) is 6.93. The lowest BCUT2D eigenvalue weighted by Crippen LogP contribution is -2.01. The third kappa shape index (κ3) is 4.30. The minimum absolute atomic E-state index is 0.619. The molecule has 0 unspecified atom stereocenters. The van der Waals surface area contributed by atoms with Crippen molar-refractivity contribution in [2.24, 2.45) is 0 Å². The van der Waals surface area contributed by atoms with E-state index in [9.17, 15) is 0 Å². The van der Waals surface area contributed by atoms with Crippen LogP contribution in [0, 0.1) is 0 Å². The summed E-state index contributed by atoms with van der Waals surface area (Å²) >= 11 is 0. The summed E-state index contributed by atoms with van der Waals surface area (Å²) in [4.78, 5) is 15.8. The highest BCUT2D eigenvalue weighted by Gasteiger charge is 2.30. The van der Waals surface area contributed by atoms with Crippen LogP contribution in [-0.4, -0.2) is 15.0 Å². The van der Waals surface area contributed by atoms with Gasteiger partial charge in [-0.1, -0.05) is 140 Å². The zero-order valence-electron chi connectivity index (χ0n) is 27.3. The summed E-state index contributed by atoms with van der Waals surface area (Å²) in [6.45, 7) is 0. The molecule has 0 radical (unpaired) electrons. The van der Waals surface area contributed by atoms with E-state index in [-0.39, 0.29) is 0 Å². The molecule has 0 fully saturated rings. The third-order valence-corrected chi connectivity index (χ3v) is 10.2. The zero-order valence-corrected chi connectivity index (χ0v) is 27.3. The summed E-state index contributed by atoms with van der Waals surface area (Å²) in [5.41, 5.74) is 11.4. The minimum atomic E-state index is 0.619. The molecule has 0 bridgehead atoms. The van der Waals surface area contributed by atoms with E-state index in [4.69, 9.17) is 19.4 Å². The van der Waals surface area contributed by atoms with Crippen molar-refractivity contribution in [3.8, 4) is 67.5 Å². The molecular weight excluding hydrogens is 623 g/mol. The topological polar surface area (TPSA) is 51.8 Å². The number of aromatic nitrogens is 3. The maximum Gasteiger partial charge on any atom is 0.165 e. The molecule has 0 N–H and O–H groups in total. The van der Waals surface area contributed by atoms with Gasteiger partial charge in [-0.2, -0.15) is 0 Å². The Morgan fingerprint density at radius 2 is 0.980 bits per heavy atom. The molecular formula is C47H27N3O. The predicted molar refractivity (Wildman–Crippen MR) is 208 cm³/mol. The number of nitrogens with zero attached hydrogens (tertiary/aromatic N) is 3. The number of benzene rings is 8. The minimum Gasteiger partial charge on any atom is -0.456 e. The Hall–Kier alpha value is -6.91. The second kappa shape index (κ2) is 10.8. The molecule has 11 rings (SSSR count). The highest BCUT2D eigenvalue weighted by molar-refractivity contribution is 6.25. The van der Waals surface area contributed by atoms with Crippen LogP contribution in [0.2, 0.25) is 0 Å². The SMILES string of the molecule is c1ccc(-c2nc(-c3cccc(-c4ccc5ccccc5c4)c3)nc(-c3c4c(cc5oc6ccccc6c35)-c3cccc5cccc-4c35)n2)cc1. The van der Waals surface area contributed by atoms with Crippen molar-refractivity contribution in [3.63, 3.8) is 0 Å². The molecule has 1 aliphatic rings. The molecule has 0 spiro atoms. The number of para-hydroxylation sites is 1. The first-order chi connectivity index (χ1) is 25.3. The first kappa shape index (κ1) is 28.0. The Bertz CT molecular complexity index is 3030. The molecule has 4 nitrogen and oxygen atoms in total. The smallest absolute Gasteiger partial charge is 0.165 e. The van der Waals surface area contributed by atoms with Crippen molar-refractivity contribution in [2.45, 2.75) is 0 Å². The van der Waals surface area contributed by atoms with Gasteiger partial charge in [0, 0.05) is 33.0 Å². The van der Waals surface area contributed by atoms with E-state index in [1.165, 1.54) is 32.7 Å². The lowest BCUT2D eigenvalue weighted by Gasteiger charge is -2.14. The number of hydrogen-bond acceptors (Lipinski definition) is 4. The second-order valence-corrected chi connectivity index (χ2v) is 13.2. The first-order valence-corrected chi connectivity index (χ1v) is 17.2. The van der Waals surface area contributed by atoms with Gasteiger partial charge in [0.2, 0.25) is 0 Å². The largest absolute Gasteiger partial charge is 0.456 e. The maximum absolute atomic E-state index is 6.59. The monoisotopic (exact) mass is 649 g/mol. The molecule has 0 saturated heterocycles. The normalized spacial score (nSPS) is 11.9. The van der Waals surface area contributed by atoms with Gasteiger partial charge in [0.1, 0.15) is 11.2 Å². The van der Waals surface area contributed by atoms with Gasteiger partial charge in [0.05, 0.1) is 0 Å². The van der Waals surface area contributed by atoms with E-state index in [1.54, 1.807) is 0 Å². The summed E-state index contributed by atoms with van der Waals surface area (Å²) in [6, 6.07) is 57.3. The van der Waals surface area contributed by atoms with Crippen LogP contribution in [0.4, 0.5) is 0 Å². The van der Waals surface area contributed by atoms with Gasteiger partial charge in [-0.05, 0) is 73.6 Å². The van der Waals surface area contributed by atoms with Gasteiger partial charge in [0.25, 0.3) is 0 Å². The molecule has 2 heterocycles. The van der Waals surface area contributed by atoms with Crippen molar-refractivity contribution < 1.29 is 4.42 Å². The highest BCUT2D eigenvalue weighted by Crippen LogP contribution is 2.54. The first-order valence-electron chi connectivity index (χ1n) is 17.2. The Labute approximate surface area is 293 Å². The Kier molecular flexibility index (Phi) is 5.92. The van der Waals surface area contributed by atoms with Crippen molar-refractivity contribution in [3.05, 3.63) is 164 Å². The molecule has 10 aromatic rings. The van der Waals surface area contributed by atoms with Gasteiger partial charge in [-0.25, -0.2) is 15.0 Å². The number of furan rings is 1. The zero-order chi connectivity index (χ0) is 33.5. The van der Waals surface area contributed by atoms with Gasteiger partial charge in [-0.15, -0.1) is 0 Å². The van der Waals surface area contributed by atoms with E-state index < -0.39 is 0 Å². The highest BCUT2D eigenvalue weighted by atomic mass is 16.3. The second-order valence-electron chi connectivity index (χ2n) is 13.2. The number of hydrogen-bond donors (Lipinski definition) is 0. The van der Waals surface area contributed by atoms with Crippen LogP contribution in [-0.2, 0) is 0 Å². The average Bonchev–Trinajstić information content (AvgIpc) is 3.73. The molecule has 0 atom stereocenters. The fourth-order valence-corrected chi connectivity index (χ4v) is 7.92. The van der Waals surface area contributed by atoms with Gasteiger partial charge in [0.15, 0.2) is 17.5 Å². The molecule has 51 heavy (non-hydrogen) atoms. The van der Waals surface area contributed by atoms with Crippen LogP contribution >= 0.6 is 0 Å². The van der Waals surface area contributed by atoms with E-state index in [2.05, 4.69) is 133 Å². The molecule has 1 aliphatic carbocycles. The van der Waals surface area contributed by atoms with Gasteiger partial charge >= 0.3 is 0 Å². The third-order valence-electron chi connectivity index (χ3n) is 10.2. The standard InChI is InChI=1S/C47H27N3O/c1-2-12-30(13-3-1)45-48-46(34-18-8-17-32(26-34)33-24-23-28-11-4-5-14-31(28)25-33)50-47(49-45)44-42-37-21-10-16-29-15-9-20-35(41(29)37)38(42)27-40-43(44)36-19-6-7-22-39(36)51-40/h1-27H. The Balaban J connectivity index is 1.21. The summed E-state index contributed by atoms with van der Waals surface area (Å²) in [6.07, 6.45) is 0. The molecule has 0 amide bonds. The fraction of sp³-hybridized carbons (Fsp3) is 0. The summed E-state index contributed by atoms with van der Waals surface area (Å²) < 4.78 is 6.59. The quantitative estimate of drug-likeness (QED) is 0.190. The van der Waals surface area contributed by atoms with Gasteiger partial charge < -0.3 is 4.42 Å². The Morgan fingerprint density at radius 1 is 0.333 bits per heavy atom. The van der Waals surface area contributed by atoms with E-state index >= 15 is 0 Å². The Morgan fingerprint density at radius 3 is 1.86 bits per heavy atom. The van der Waals surface area contributed by atoms with E-state index in [1.807, 2.05) is 30.3 Å². The lowest BCUT2D eigenvalue weighted by molar-refractivity contribution is 0.669. The van der Waals surface area contributed by atoms with Crippen molar-refractivity contribution in [2.75, 3.05) is 0 Å². The summed E-state index contributed by atoms with van der Waals surface area (Å²) in [5.74, 6) is 1.86. The molecule has 0 aliphatic heterocycles. The average molecular weight is 650 g/mol. The molecule has 2 aromatic heterocycles. The van der Waals surface area contributed by atoms with Crippen molar-refractivity contribution in [1.82, 2.24) is 15.0 Å². The summed E-state index contributed by atoms with van der Waals surface area (Å²) in [7, 11) is 0. The molecule has 236 valence electrons. The van der Waals surface area contributed by atoms with Crippen LogP contribution in [0.15, 0.2) is 168 Å². The molecule has 0 saturated carbocycles. The van der Waals surface area contributed by atoms with E-state index in [0.717, 1.165) is 60.9 Å². The molecule has 8 aromatic carbocycles. The van der Waals surface area contributed by atoms with Crippen LogP contribution in [0.1, 0.15) is 0 Å². The number of rotatable bonds is 4. The van der Waals surface area contributed by atoms with Crippen LogP contribution in [0.25, 0.3) is 111 Å². The van der Waals surface area contributed by atoms with Gasteiger partial charge in [-0.3, -0.25) is 0 Å². The maximum atomic E-state index is 6.59. The predicted octanol–water partition coefficient (Wildman–Crippen LogP) is 12.4. The number of fused-ring (bicyclic) bond motifs is 7. The fourth-order valence-electron chi connectivity index (χ4n) is 7.92. The van der Waals surface area contributed by atoms with E-state index in [0.29, 0.717) is 17.5 Å². The van der Waals surface area contributed by atoms with Crippen LogP contribution in [0.5, 0.6) is 0 Å². The van der Waals surface area contributed by atoms with Crippen LogP contribution in [0.3, 0.4) is 0 Å².